The summed E-state index contributed by atoms with van der Waals surface area (Å²) in [6.07, 6.45) is 9.88. The van der Waals surface area contributed by atoms with Crippen LogP contribution in [0.15, 0.2) is 36.5 Å². The van der Waals surface area contributed by atoms with Crippen molar-refractivity contribution in [3.8, 4) is 0 Å². The Morgan fingerprint density at radius 3 is 2.55 bits per heavy atom. The molecule has 3 heterocycles. The molecular weight excluding hydrogens is 362 g/mol. The molecule has 1 unspecified atom stereocenters. The van der Waals surface area contributed by atoms with Crippen LogP contribution in [0.5, 0.6) is 0 Å². The van der Waals surface area contributed by atoms with Gasteiger partial charge in [-0.25, -0.2) is 9.97 Å². The third-order valence-corrected chi connectivity index (χ3v) is 6.08. The lowest BCUT2D eigenvalue weighted by molar-refractivity contribution is 0.0602. The summed E-state index contributed by atoms with van der Waals surface area (Å²) < 4.78 is 0. The van der Waals surface area contributed by atoms with E-state index < -0.39 is 0 Å². The van der Waals surface area contributed by atoms with Crippen molar-refractivity contribution in [2.75, 3.05) is 29.9 Å². The molecule has 0 saturated carbocycles. The van der Waals surface area contributed by atoms with Crippen LogP contribution < -0.4 is 10.2 Å². The van der Waals surface area contributed by atoms with Crippen LogP contribution in [0.25, 0.3) is 0 Å². The first-order valence-corrected chi connectivity index (χ1v) is 11.0. The number of hydrogen-bond donors (Lipinski definition) is 1. The number of rotatable bonds is 5. The van der Waals surface area contributed by atoms with E-state index in [-0.39, 0.29) is 5.91 Å². The van der Waals surface area contributed by atoms with Crippen molar-refractivity contribution in [2.45, 2.75) is 57.9 Å². The maximum Gasteiger partial charge on any atom is 0.272 e. The Labute approximate surface area is 173 Å². The van der Waals surface area contributed by atoms with E-state index in [9.17, 15) is 4.79 Å². The van der Waals surface area contributed by atoms with Crippen molar-refractivity contribution < 1.29 is 4.79 Å². The number of nitrogens with zero attached hydrogens (tertiary/aromatic N) is 4. The molecule has 1 amide bonds. The highest BCUT2D eigenvalue weighted by Crippen LogP contribution is 2.24. The van der Waals surface area contributed by atoms with Crippen molar-refractivity contribution in [3.63, 3.8) is 0 Å². The Bertz CT molecular complexity index is 816. The molecule has 1 aromatic heterocycles. The van der Waals surface area contributed by atoms with Gasteiger partial charge >= 0.3 is 0 Å². The molecule has 29 heavy (non-hydrogen) atoms. The lowest BCUT2D eigenvalue weighted by atomic mass is 9.99. The second kappa shape index (κ2) is 9.25. The smallest absolute Gasteiger partial charge is 0.272 e. The lowest BCUT2D eigenvalue weighted by Gasteiger charge is -2.35. The minimum Gasteiger partial charge on any atom is -0.372 e. The van der Waals surface area contributed by atoms with Gasteiger partial charge in [0.2, 0.25) is 5.95 Å². The fourth-order valence-electron chi connectivity index (χ4n) is 4.41. The topological polar surface area (TPSA) is 61.4 Å². The second-order valence-electron chi connectivity index (χ2n) is 8.04. The standard InChI is InChI=1S/C23H31N5O/c1-2-19-8-4-7-17-28(19)22(29)21-13-14-24-23(26-21)25-18-9-11-20(12-10-18)27-15-5-3-6-16-27/h9-14,19H,2-8,15-17H2,1H3,(H,24,25,26). The van der Waals surface area contributed by atoms with Crippen LogP contribution >= 0.6 is 0 Å². The molecule has 2 aliphatic heterocycles. The first-order valence-electron chi connectivity index (χ1n) is 11.0. The number of carbonyl (C=O) groups is 1. The highest BCUT2D eigenvalue weighted by Gasteiger charge is 2.27. The summed E-state index contributed by atoms with van der Waals surface area (Å²) in [5.41, 5.74) is 2.66. The fourth-order valence-corrected chi connectivity index (χ4v) is 4.41. The van der Waals surface area contributed by atoms with Crippen LogP contribution in [0.3, 0.4) is 0 Å². The molecule has 4 rings (SSSR count). The quantitative estimate of drug-likeness (QED) is 0.803. The summed E-state index contributed by atoms with van der Waals surface area (Å²) in [6.45, 7) is 5.24. The molecule has 2 aromatic rings. The number of amides is 1. The molecule has 1 aromatic carbocycles. The summed E-state index contributed by atoms with van der Waals surface area (Å²) in [6, 6.07) is 10.4. The molecule has 2 fully saturated rings. The molecule has 2 aliphatic rings. The first kappa shape index (κ1) is 19.7. The van der Waals surface area contributed by atoms with E-state index in [0.717, 1.165) is 44.6 Å². The zero-order valence-electron chi connectivity index (χ0n) is 17.3. The van der Waals surface area contributed by atoms with Gasteiger partial charge in [0.25, 0.3) is 5.91 Å². The maximum atomic E-state index is 13.0. The number of anilines is 3. The summed E-state index contributed by atoms with van der Waals surface area (Å²) in [4.78, 5) is 26.2. The highest BCUT2D eigenvalue weighted by atomic mass is 16.2. The van der Waals surface area contributed by atoms with Crippen LogP contribution in [-0.4, -0.2) is 46.5 Å². The van der Waals surface area contributed by atoms with E-state index >= 15 is 0 Å². The molecule has 0 bridgehead atoms. The molecule has 0 radical (unpaired) electrons. The van der Waals surface area contributed by atoms with Crippen LogP contribution in [0.1, 0.15) is 62.4 Å². The Balaban J connectivity index is 1.44. The van der Waals surface area contributed by atoms with E-state index in [4.69, 9.17) is 0 Å². The number of hydrogen-bond acceptors (Lipinski definition) is 5. The van der Waals surface area contributed by atoms with Gasteiger partial charge in [-0.1, -0.05) is 6.92 Å². The zero-order chi connectivity index (χ0) is 20.1. The SMILES string of the molecule is CCC1CCCCN1C(=O)c1ccnc(Nc2ccc(N3CCCCC3)cc2)n1. The van der Waals surface area contributed by atoms with Gasteiger partial charge in [0, 0.05) is 43.2 Å². The van der Waals surface area contributed by atoms with Crippen molar-refractivity contribution in [2.24, 2.45) is 0 Å². The molecule has 6 nitrogen and oxygen atoms in total. The van der Waals surface area contributed by atoms with Gasteiger partial charge in [0.15, 0.2) is 0 Å². The van der Waals surface area contributed by atoms with Crippen molar-refractivity contribution >= 4 is 23.2 Å². The molecule has 0 spiro atoms. The predicted molar refractivity (Wildman–Crippen MR) is 117 cm³/mol. The van der Waals surface area contributed by atoms with Crippen LogP contribution in [0.4, 0.5) is 17.3 Å². The van der Waals surface area contributed by atoms with Gasteiger partial charge in [-0.15, -0.1) is 0 Å². The van der Waals surface area contributed by atoms with E-state index in [1.807, 2.05) is 4.90 Å². The Hall–Kier alpha value is -2.63. The number of carbonyl (C=O) groups excluding carboxylic acids is 1. The molecule has 2 saturated heterocycles. The minimum absolute atomic E-state index is 0.0162. The average molecular weight is 394 g/mol. The van der Waals surface area contributed by atoms with E-state index in [1.54, 1.807) is 12.3 Å². The number of piperidine rings is 2. The summed E-state index contributed by atoms with van der Waals surface area (Å²) in [5.74, 6) is 0.481. The summed E-state index contributed by atoms with van der Waals surface area (Å²) >= 11 is 0. The highest BCUT2D eigenvalue weighted by molar-refractivity contribution is 5.92. The number of benzene rings is 1. The molecule has 154 valence electrons. The van der Waals surface area contributed by atoms with Gasteiger partial charge in [-0.05, 0) is 75.3 Å². The molecular formula is C23H31N5O. The number of likely N-dealkylation sites (tertiary alicyclic amines) is 1. The minimum atomic E-state index is 0.0162. The van der Waals surface area contributed by atoms with Crippen molar-refractivity contribution in [1.82, 2.24) is 14.9 Å². The van der Waals surface area contributed by atoms with Crippen LogP contribution in [-0.2, 0) is 0 Å². The second-order valence-corrected chi connectivity index (χ2v) is 8.04. The molecule has 6 heteroatoms. The Morgan fingerprint density at radius 1 is 1.03 bits per heavy atom. The largest absolute Gasteiger partial charge is 0.372 e. The third kappa shape index (κ3) is 4.69. The Morgan fingerprint density at radius 2 is 1.79 bits per heavy atom. The Kier molecular flexibility index (Phi) is 6.27. The molecule has 1 N–H and O–H groups in total. The van der Waals surface area contributed by atoms with E-state index in [1.165, 1.54) is 31.4 Å². The summed E-state index contributed by atoms with van der Waals surface area (Å²) in [7, 11) is 0. The van der Waals surface area contributed by atoms with Crippen molar-refractivity contribution in [1.29, 1.82) is 0 Å². The van der Waals surface area contributed by atoms with E-state index in [0.29, 0.717) is 17.7 Å². The van der Waals surface area contributed by atoms with Crippen LogP contribution in [0.2, 0.25) is 0 Å². The maximum absolute atomic E-state index is 13.0. The third-order valence-electron chi connectivity index (χ3n) is 6.08. The van der Waals surface area contributed by atoms with Gasteiger partial charge in [-0.3, -0.25) is 4.79 Å². The summed E-state index contributed by atoms with van der Waals surface area (Å²) in [5, 5.41) is 3.25. The predicted octanol–water partition coefficient (Wildman–Crippen LogP) is 4.62. The normalized spacial score (nSPS) is 19.8. The number of aromatic nitrogens is 2. The number of nitrogens with one attached hydrogen (secondary N) is 1. The van der Waals surface area contributed by atoms with Crippen molar-refractivity contribution in [3.05, 3.63) is 42.2 Å². The average Bonchev–Trinajstić information content (AvgIpc) is 2.80. The molecule has 0 aliphatic carbocycles. The molecule has 1 atom stereocenters. The van der Waals surface area contributed by atoms with Crippen LogP contribution in [0, 0.1) is 0 Å². The van der Waals surface area contributed by atoms with Gasteiger partial charge in [0.1, 0.15) is 5.69 Å². The monoisotopic (exact) mass is 393 g/mol. The first-order chi connectivity index (χ1) is 14.2. The zero-order valence-corrected chi connectivity index (χ0v) is 17.3. The van der Waals surface area contributed by atoms with E-state index in [2.05, 4.69) is 51.4 Å². The fraction of sp³-hybridized carbons (Fsp3) is 0.522. The van der Waals surface area contributed by atoms with Gasteiger partial charge < -0.3 is 15.1 Å². The lowest BCUT2D eigenvalue weighted by Crippen LogP contribution is -2.43. The van der Waals surface area contributed by atoms with Gasteiger partial charge in [0.05, 0.1) is 0 Å². The van der Waals surface area contributed by atoms with Gasteiger partial charge in [-0.2, -0.15) is 0 Å².